The molecule has 1 N–H and O–H groups in total. The van der Waals surface area contributed by atoms with Gasteiger partial charge in [-0.15, -0.1) is 0 Å². The number of hydrogen-bond acceptors (Lipinski definition) is 5. The third-order valence-electron chi connectivity index (χ3n) is 4.84. The van der Waals surface area contributed by atoms with Gasteiger partial charge in [-0.2, -0.15) is 4.98 Å². The molecule has 3 aromatic rings. The number of rotatable bonds is 7. The molecule has 2 heterocycles. The number of carbonyl (C=O) groups excluding carboxylic acids is 1. The van der Waals surface area contributed by atoms with E-state index < -0.39 is 0 Å². The first-order valence-corrected chi connectivity index (χ1v) is 9.65. The molecule has 0 aliphatic carbocycles. The molecule has 1 amide bonds. The van der Waals surface area contributed by atoms with E-state index in [-0.39, 0.29) is 12.0 Å². The molecule has 28 heavy (non-hydrogen) atoms. The summed E-state index contributed by atoms with van der Waals surface area (Å²) in [5, 5.41) is 6.94. The lowest BCUT2D eigenvalue weighted by molar-refractivity contribution is -0.121. The molecule has 6 nitrogen and oxygen atoms in total. The van der Waals surface area contributed by atoms with E-state index in [0.29, 0.717) is 31.1 Å². The summed E-state index contributed by atoms with van der Waals surface area (Å²) in [4.78, 5) is 16.4. The van der Waals surface area contributed by atoms with Crippen molar-refractivity contribution in [1.29, 1.82) is 0 Å². The molecule has 1 fully saturated rings. The van der Waals surface area contributed by atoms with Crippen LogP contribution in [-0.2, 0) is 16.0 Å². The lowest BCUT2D eigenvalue weighted by Crippen LogP contribution is -2.31. The predicted molar refractivity (Wildman–Crippen MR) is 105 cm³/mol. The minimum absolute atomic E-state index is 0.0255. The molecule has 144 valence electrons. The molecule has 0 unspecified atom stereocenters. The zero-order valence-corrected chi connectivity index (χ0v) is 15.6. The van der Waals surface area contributed by atoms with Crippen LogP contribution in [0.1, 0.15) is 25.2 Å². The molecule has 1 aliphatic rings. The normalized spacial score (nSPS) is 16.2. The Hall–Kier alpha value is -2.99. The number of nitrogens with one attached hydrogen (secondary N) is 1. The second-order valence-corrected chi connectivity index (χ2v) is 6.89. The first kappa shape index (κ1) is 18.4. The number of hydrogen-bond donors (Lipinski definition) is 1. The van der Waals surface area contributed by atoms with Crippen LogP contribution in [0.4, 0.5) is 0 Å². The smallest absolute Gasteiger partial charge is 0.227 e. The fourth-order valence-corrected chi connectivity index (χ4v) is 3.26. The molecule has 1 aliphatic heterocycles. The second-order valence-electron chi connectivity index (χ2n) is 6.89. The van der Waals surface area contributed by atoms with Crippen molar-refractivity contribution >= 4 is 5.91 Å². The Labute approximate surface area is 163 Å². The Kier molecular flexibility index (Phi) is 5.77. The monoisotopic (exact) mass is 377 g/mol. The summed E-state index contributed by atoms with van der Waals surface area (Å²) in [5.74, 6) is 0.978. The van der Waals surface area contributed by atoms with Gasteiger partial charge in [-0.25, -0.2) is 0 Å². The number of ether oxygens (including phenoxy) is 1. The average Bonchev–Trinajstić information content (AvgIpc) is 3.44. The van der Waals surface area contributed by atoms with Crippen molar-refractivity contribution in [1.82, 2.24) is 15.5 Å². The topological polar surface area (TPSA) is 77.2 Å². The molecule has 1 saturated heterocycles. The molecule has 4 rings (SSSR count). The van der Waals surface area contributed by atoms with E-state index in [4.69, 9.17) is 9.26 Å². The van der Waals surface area contributed by atoms with Crippen molar-refractivity contribution in [2.24, 2.45) is 0 Å². The van der Waals surface area contributed by atoms with E-state index >= 15 is 0 Å². The molecule has 1 aromatic heterocycles. The van der Waals surface area contributed by atoms with Crippen molar-refractivity contribution in [2.45, 2.75) is 31.8 Å². The summed E-state index contributed by atoms with van der Waals surface area (Å²) >= 11 is 0. The van der Waals surface area contributed by atoms with Gasteiger partial charge < -0.3 is 14.6 Å². The second kappa shape index (κ2) is 8.80. The number of carbonyl (C=O) groups is 1. The van der Waals surface area contributed by atoms with Gasteiger partial charge in [0.2, 0.25) is 17.6 Å². The van der Waals surface area contributed by atoms with Crippen LogP contribution in [0.25, 0.3) is 22.5 Å². The summed E-state index contributed by atoms with van der Waals surface area (Å²) in [5.41, 5.74) is 3.19. The standard InChI is InChI=1S/C22H23N3O3/c26-20(23-15-19-7-4-14-27-19)12-13-21-24-22(25-28-21)18-10-8-17(9-11-18)16-5-2-1-3-6-16/h1-3,5-6,8-11,19H,4,7,12-15H2,(H,23,26)/t19-/m1/s1. The highest BCUT2D eigenvalue weighted by atomic mass is 16.5. The summed E-state index contributed by atoms with van der Waals surface area (Å²) < 4.78 is 10.8. The Morgan fingerprint density at radius 3 is 2.54 bits per heavy atom. The van der Waals surface area contributed by atoms with Crippen LogP contribution in [0, 0.1) is 0 Å². The van der Waals surface area contributed by atoms with Gasteiger partial charge in [0.05, 0.1) is 6.10 Å². The van der Waals surface area contributed by atoms with Crippen LogP contribution in [-0.4, -0.2) is 35.3 Å². The third kappa shape index (κ3) is 4.64. The van der Waals surface area contributed by atoms with Crippen molar-refractivity contribution < 1.29 is 14.1 Å². The Morgan fingerprint density at radius 1 is 1.04 bits per heavy atom. The lowest BCUT2D eigenvalue weighted by Gasteiger charge is -2.09. The largest absolute Gasteiger partial charge is 0.376 e. The quantitative estimate of drug-likeness (QED) is 0.680. The number of aromatic nitrogens is 2. The third-order valence-corrected chi connectivity index (χ3v) is 4.84. The van der Waals surface area contributed by atoms with Gasteiger partial charge >= 0.3 is 0 Å². The Morgan fingerprint density at radius 2 is 1.79 bits per heavy atom. The Bertz CT molecular complexity index is 900. The van der Waals surface area contributed by atoms with E-state index in [1.54, 1.807) is 0 Å². The highest BCUT2D eigenvalue weighted by Gasteiger charge is 2.16. The number of nitrogens with zero attached hydrogens (tertiary/aromatic N) is 2. The van der Waals surface area contributed by atoms with Crippen LogP contribution >= 0.6 is 0 Å². The molecule has 0 saturated carbocycles. The maximum absolute atomic E-state index is 12.0. The molecular weight excluding hydrogens is 354 g/mol. The Balaban J connectivity index is 1.30. The maximum atomic E-state index is 12.0. The van der Waals surface area contributed by atoms with E-state index in [0.717, 1.165) is 36.1 Å². The van der Waals surface area contributed by atoms with Gasteiger partial charge in [0, 0.05) is 31.6 Å². The molecule has 0 radical (unpaired) electrons. The van der Waals surface area contributed by atoms with E-state index in [2.05, 4.69) is 27.6 Å². The van der Waals surface area contributed by atoms with Crippen LogP contribution < -0.4 is 5.32 Å². The highest BCUT2D eigenvalue weighted by molar-refractivity contribution is 5.76. The van der Waals surface area contributed by atoms with Crippen LogP contribution in [0.2, 0.25) is 0 Å². The van der Waals surface area contributed by atoms with E-state index in [1.165, 1.54) is 0 Å². The van der Waals surface area contributed by atoms with Gasteiger partial charge in [-0.05, 0) is 24.0 Å². The fourth-order valence-electron chi connectivity index (χ4n) is 3.26. The number of benzene rings is 2. The van der Waals surface area contributed by atoms with Gasteiger partial charge in [0.25, 0.3) is 0 Å². The minimum Gasteiger partial charge on any atom is -0.376 e. The van der Waals surface area contributed by atoms with Gasteiger partial charge in [-0.3, -0.25) is 4.79 Å². The van der Waals surface area contributed by atoms with Crippen molar-refractivity contribution in [3.63, 3.8) is 0 Å². The number of aryl methyl sites for hydroxylation is 1. The SMILES string of the molecule is O=C(CCc1nc(-c2ccc(-c3ccccc3)cc2)no1)NC[C@H]1CCCO1. The molecule has 0 bridgehead atoms. The minimum atomic E-state index is -0.0255. The predicted octanol–water partition coefficient (Wildman–Crippen LogP) is 3.63. The first-order valence-electron chi connectivity index (χ1n) is 9.65. The van der Waals surface area contributed by atoms with Crippen LogP contribution in [0.5, 0.6) is 0 Å². The average molecular weight is 377 g/mol. The van der Waals surface area contributed by atoms with Gasteiger partial charge in [0.15, 0.2) is 0 Å². The molecular formula is C22H23N3O3. The van der Waals surface area contributed by atoms with Gasteiger partial charge in [-0.1, -0.05) is 59.8 Å². The molecule has 1 atom stereocenters. The fraction of sp³-hybridized carbons (Fsp3) is 0.318. The molecule has 0 spiro atoms. The van der Waals surface area contributed by atoms with E-state index in [1.807, 2.05) is 42.5 Å². The van der Waals surface area contributed by atoms with Crippen molar-refractivity contribution in [3.8, 4) is 22.5 Å². The summed E-state index contributed by atoms with van der Waals surface area (Å²) in [6.07, 6.45) is 2.97. The highest BCUT2D eigenvalue weighted by Crippen LogP contribution is 2.23. The zero-order chi connectivity index (χ0) is 19.2. The summed E-state index contributed by atoms with van der Waals surface area (Å²) in [6.45, 7) is 1.36. The lowest BCUT2D eigenvalue weighted by atomic mass is 10.0. The molecule has 2 aromatic carbocycles. The van der Waals surface area contributed by atoms with Crippen LogP contribution in [0.15, 0.2) is 59.1 Å². The summed E-state index contributed by atoms with van der Waals surface area (Å²) in [7, 11) is 0. The van der Waals surface area contributed by atoms with E-state index in [9.17, 15) is 4.79 Å². The maximum Gasteiger partial charge on any atom is 0.227 e. The summed E-state index contributed by atoms with van der Waals surface area (Å²) in [6, 6.07) is 18.2. The number of amides is 1. The van der Waals surface area contributed by atoms with Crippen LogP contribution in [0.3, 0.4) is 0 Å². The zero-order valence-electron chi connectivity index (χ0n) is 15.6. The van der Waals surface area contributed by atoms with Crippen molar-refractivity contribution in [3.05, 3.63) is 60.5 Å². The molecule has 6 heteroatoms. The van der Waals surface area contributed by atoms with Crippen molar-refractivity contribution in [2.75, 3.05) is 13.2 Å². The first-order chi connectivity index (χ1) is 13.8. The van der Waals surface area contributed by atoms with Gasteiger partial charge in [0.1, 0.15) is 0 Å².